The first kappa shape index (κ1) is 18.1. The molecule has 0 unspecified atom stereocenters. The highest BCUT2D eigenvalue weighted by Gasteiger charge is 2.19. The summed E-state index contributed by atoms with van der Waals surface area (Å²) in [6, 6.07) is 17.4. The molecule has 0 bridgehead atoms. The smallest absolute Gasteiger partial charge is 0.159 e. The van der Waals surface area contributed by atoms with Gasteiger partial charge in [-0.2, -0.15) is 0 Å². The molecule has 1 aliphatic heterocycles. The summed E-state index contributed by atoms with van der Waals surface area (Å²) in [4.78, 5) is 13.2. The minimum absolute atomic E-state index is 0.566. The van der Waals surface area contributed by atoms with Crippen molar-refractivity contribution in [2.24, 2.45) is 0 Å². The lowest BCUT2D eigenvalue weighted by molar-refractivity contribution is 0.312. The predicted molar refractivity (Wildman–Crippen MR) is 112 cm³/mol. The number of rotatable bonds is 5. The number of benzene rings is 2. The molecule has 0 atom stereocenters. The number of nitrogens with one attached hydrogen (secondary N) is 1. The maximum atomic E-state index is 6.36. The molecule has 7 nitrogen and oxygen atoms in total. The van der Waals surface area contributed by atoms with E-state index in [1.165, 1.54) is 0 Å². The van der Waals surface area contributed by atoms with Crippen molar-refractivity contribution >= 4 is 23.0 Å². The number of piperazine rings is 1. The molecular weight excluding hydrogens is 352 g/mol. The second-order valence-electron chi connectivity index (χ2n) is 6.81. The summed E-state index contributed by atoms with van der Waals surface area (Å²) in [5.74, 6) is 2.97. The van der Waals surface area contributed by atoms with Gasteiger partial charge in [0.15, 0.2) is 11.6 Å². The van der Waals surface area contributed by atoms with Gasteiger partial charge in [0.25, 0.3) is 0 Å². The van der Waals surface area contributed by atoms with Gasteiger partial charge >= 0.3 is 0 Å². The fourth-order valence-corrected chi connectivity index (χ4v) is 3.12. The van der Waals surface area contributed by atoms with Gasteiger partial charge in [-0.25, -0.2) is 9.97 Å². The van der Waals surface area contributed by atoms with E-state index in [0.29, 0.717) is 11.5 Å². The van der Waals surface area contributed by atoms with E-state index < -0.39 is 0 Å². The normalized spacial score (nSPS) is 14.7. The molecule has 4 rings (SSSR count). The number of hydrogen-bond acceptors (Lipinski definition) is 7. The molecule has 28 heavy (non-hydrogen) atoms. The molecule has 3 N–H and O–H groups in total. The third-order valence-electron chi connectivity index (χ3n) is 4.76. The molecule has 2 aromatic carbocycles. The van der Waals surface area contributed by atoms with Crippen molar-refractivity contribution in [2.45, 2.75) is 0 Å². The van der Waals surface area contributed by atoms with Crippen LogP contribution in [0.4, 0.5) is 23.0 Å². The molecule has 2 heterocycles. The zero-order chi connectivity index (χ0) is 19.3. The zero-order valence-electron chi connectivity index (χ0n) is 15.9. The van der Waals surface area contributed by atoms with Gasteiger partial charge in [0, 0.05) is 31.9 Å². The summed E-state index contributed by atoms with van der Waals surface area (Å²) in [7, 11) is 2.12. The molecule has 1 aromatic heterocycles. The summed E-state index contributed by atoms with van der Waals surface area (Å²) in [5, 5.41) is 3.28. The van der Waals surface area contributed by atoms with Crippen LogP contribution in [0.15, 0.2) is 60.9 Å². The zero-order valence-corrected chi connectivity index (χ0v) is 15.9. The van der Waals surface area contributed by atoms with Crippen molar-refractivity contribution < 1.29 is 4.74 Å². The summed E-state index contributed by atoms with van der Waals surface area (Å²) < 4.78 is 5.83. The van der Waals surface area contributed by atoms with E-state index in [1.807, 2.05) is 54.6 Å². The Bertz CT molecular complexity index is 908. The number of nitrogen functional groups attached to an aromatic ring is 1. The van der Waals surface area contributed by atoms with Crippen molar-refractivity contribution in [3.8, 4) is 11.5 Å². The maximum absolute atomic E-state index is 6.36. The van der Waals surface area contributed by atoms with Crippen molar-refractivity contribution in [2.75, 3.05) is 49.2 Å². The molecule has 0 amide bonds. The van der Waals surface area contributed by atoms with Crippen LogP contribution in [0.25, 0.3) is 0 Å². The number of hydrogen-bond donors (Lipinski definition) is 2. The quantitative estimate of drug-likeness (QED) is 0.707. The molecule has 0 radical (unpaired) electrons. The van der Waals surface area contributed by atoms with Gasteiger partial charge in [-0.3, -0.25) is 0 Å². The molecule has 0 spiro atoms. The summed E-state index contributed by atoms with van der Waals surface area (Å²) in [5.41, 5.74) is 7.81. The monoisotopic (exact) mass is 376 g/mol. The number of ether oxygens (including phenoxy) is 1. The average Bonchev–Trinajstić information content (AvgIpc) is 2.73. The number of anilines is 4. The van der Waals surface area contributed by atoms with Gasteiger partial charge in [-0.1, -0.05) is 18.2 Å². The van der Waals surface area contributed by atoms with Crippen LogP contribution in [0.1, 0.15) is 0 Å². The topological polar surface area (TPSA) is 79.5 Å². The fraction of sp³-hybridized carbons (Fsp3) is 0.238. The molecule has 1 aliphatic rings. The van der Waals surface area contributed by atoms with E-state index in [1.54, 1.807) is 6.33 Å². The van der Waals surface area contributed by atoms with Gasteiger partial charge in [-0.15, -0.1) is 0 Å². The number of para-hydroxylation sites is 1. The summed E-state index contributed by atoms with van der Waals surface area (Å²) in [6.45, 7) is 3.80. The third-order valence-corrected chi connectivity index (χ3v) is 4.76. The van der Waals surface area contributed by atoms with E-state index in [9.17, 15) is 0 Å². The van der Waals surface area contributed by atoms with Crippen molar-refractivity contribution in [3.05, 3.63) is 60.9 Å². The number of likely N-dealkylation sites (N-methyl/N-ethyl adjacent to an activating group) is 1. The Morgan fingerprint density at radius 3 is 2.29 bits per heavy atom. The largest absolute Gasteiger partial charge is 0.457 e. The lowest BCUT2D eigenvalue weighted by atomic mass is 10.2. The Hall–Kier alpha value is -3.32. The van der Waals surface area contributed by atoms with Gasteiger partial charge in [0.2, 0.25) is 0 Å². The lowest BCUT2D eigenvalue weighted by Gasteiger charge is -2.33. The van der Waals surface area contributed by atoms with E-state index >= 15 is 0 Å². The maximum Gasteiger partial charge on any atom is 0.159 e. The lowest BCUT2D eigenvalue weighted by Crippen LogP contribution is -2.45. The van der Waals surface area contributed by atoms with Gasteiger partial charge in [0.05, 0.1) is 0 Å². The number of nitrogens with zero attached hydrogens (tertiary/aromatic N) is 4. The first-order valence-corrected chi connectivity index (χ1v) is 9.33. The molecular formula is C21H24N6O. The Morgan fingerprint density at radius 2 is 1.57 bits per heavy atom. The third kappa shape index (κ3) is 4.15. The Kier molecular flexibility index (Phi) is 5.25. The van der Waals surface area contributed by atoms with E-state index in [4.69, 9.17) is 10.5 Å². The number of aromatic nitrogens is 2. The molecule has 144 valence electrons. The molecule has 3 aromatic rings. The van der Waals surface area contributed by atoms with Crippen molar-refractivity contribution in [1.82, 2.24) is 14.9 Å². The standard InChI is InChI=1S/C21H24N6O/c1-26-11-13-27(14-12-26)21-19(22)20(23-15-24-21)25-16-7-9-18(10-8-16)28-17-5-3-2-4-6-17/h2-10,15H,11-14,22H2,1H3,(H,23,24,25). The highest BCUT2D eigenvalue weighted by molar-refractivity contribution is 5.78. The SMILES string of the molecule is CN1CCN(c2ncnc(Nc3ccc(Oc4ccccc4)cc3)c2N)CC1. The van der Waals surface area contributed by atoms with Crippen molar-refractivity contribution in [1.29, 1.82) is 0 Å². The van der Waals surface area contributed by atoms with E-state index in [2.05, 4.69) is 32.1 Å². The van der Waals surface area contributed by atoms with Crippen LogP contribution < -0.4 is 20.7 Å². The molecule has 1 fully saturated rings. The van der Waals surface area contributed by atoms with E-state index in [-0.39, 0.29) is 0 Å². The summed E-state index contributed by atoms with van der Waals surface area (Å²) in [6.07, 6.45) is 1.55. The Morgan fingerprint density at radius 1 is 0.893 bits per heavy atom. The second-order valence-corrected chi connectivity index (χ2v) is 6.81. The van der Waals surface area contributed by atoms with Gasteiger partial charge in [-0.05, 0) is 43.4 Å². The first-order chi connectivity index (χ1) is 13.7. The molecule has 0 aliphatic carbocycles. The summed E-state index contributed by atoms with van der Waals surface area (Å²) >= 11 is 0. The second kappa shape index (κ2) is 8.14. The highest BCUT2D eigenvalue weighted by atomic mass is 16.5. The average molecular weight is 376 g/mol. The first-order valence-electron chi connectivity index (χ1n) is 9.33. The van der Waals surface area contributed by atoms with Crippen LogP contribution in [0.3, 0.4) is 0 Å². The van der Waals surface area contributed by atoms with Gasteiger partial charge < -0.3 is 25.6 Å². The van der Waals surface area contributed by atoms with Crippen LogP contribution in [0, 0.1) is 0 Å². The van der Waals surface area contributed by atoms with Crippen LogP contribution in [-0.2, 0) is 0 Å². The van der Waals surface area contributed by atoms with Crippen molar-refractivity contribution in [3.63, 3.8) is 0 Å². The van der Waals surface area contributed by atoms with Crippen LogP contribution in [-0.4, -0.2) is 48.1 Å². The molecule has 0 saturated carbocycles. The van der Waals surface area contributed by atoms with E-state index in [0.717, 1.165) is 49.2 Å². The van der Waals surface area contributed by atoms with Crippen LogP contribution in [0.5, 0.6) is 11.5 Å². The molecule has 1 saturated heterocycles. The molecule has 7 heteroatoms. The number of nitrogens with two attached hydrogens (primary N) is 1. The van der Waals surface area contributed by atoms with Gasteiger partial charge in [0.1, 0.15) is 23.5 Å². The minimum Gasteiger partial charge on any atom is -0.457 e. The minimum atomic E-state index is 0.566. The Labute approximate surface area is 164 Å². The van der Waals surface area contributed by atoms with Crippen LogP contribution >= 0.6 is 0 Å². The highest BCUT2D eigenvalue weighted by Crippen LogP contribution is 2.30. The Balaban J connectivity index is 1.46. The predicted octanol–water partition coefficient (Wildman–Crippen LogP) is 3.35. The fourth-order valence-electron chi connectivity index (χ4n) is 3.12. The van der Waals surface area contributed by atoms with Crippen LogP contribution in [0.2, 0.25) is 0 Å².